The highest BCUT2D eigenvalue weighted by Crippen LogP contribution is 2.53. The summed E-state index contributed by atoms with van der Waals surface area (Å²) in [5.41, 5.74) is 27.0. The molecule has 0 saturated heterocycles. The number of aryl methyl sites for hydroxylation is 1. The molecule has 0 fully saturated rings. The maximum atomic E-state index is 2.70. The van der Waals surface area contributed by atoms with E-state index >= 15 is 0 Å². The van der Waals surface area contributed by atoms with Crippen LogP contribution in [0.5, 0.6) is 0 Å². The van der Waals surface area contributed by atoms with Crippen molar-refractivity contribution in [3.8, 4) is 22.3 Å². The van der Waals surface area contributed by atoms with Gasteiger partial charge in [-0.15, -0.1) is 0 Å². The van der Waals surface area contributed by atoms with Crippen LogP contribution in [0.4, 0.5) is 34.1 Å². The third kappa shape index (κ3) is 7.42. The van der Waals surface area contributed by atoms with Gasteiger partial charge in [0, 0.05) is 34.0 Å². The van der Waals surface area contributed by atoms with Crippen LogP contribution in [0.2, 0.25) is 0 Å². The molecule has 11 rings (SSSR count). The molecule has 0 saturated carbocycles. The van der Waals surface area contributed by atoms with E-state index in [1.807, 2.05) is 0 Å². The molecule has 2 aliphatic carbocycles. The lowest BCUT2D eigenvalue weighted by molar-refractivity contribution is 0.332. The molecule has 0 atom stereocenters. The van der Waals surface area contributed by atoms with Gasteiger partial charge in [-0.1, -0.05) is 182 Å². The lowest BCUT2D eigenvalue weighted by Gasteiger charge is -2.48. The third-order valence-electron chi connectivity index (χ3n) is 17.6. The number of hydrogen-bond donors (Lipinski definition) is 0. The molecule has 0 bridgehead atoms. The number of fused-ring (bicyclic) bond motifs is 6. The summed E-state index contributed by atoms with van der Waals surface area (Å²) in [7, 11) is 0. The van der Waals surface area contributed by atoms with Gasteiger partial charge in [-0.05, 0) is 186 Å². The van der Waals surface area contributed by atoms with Crippen LogP contribution < -0.4 is 26.2 Å². The van der Waals surface area contributed by atoms with Gasteiger partial charge in [-0.2, -0.15) is 0 Å². The van der Waals surface area contributed by atoms with E-state index < -0.39 is 0 Å². The van der Waals surface area contributed by atoms with Gasteiger partial charge < -0.3 is 9.80 Å². The summed E-state index contributed by atoms with van der Waals surface area (Å²) >= 11 is 0. The highest BCUT2D eigenvalue weighted by molar-refractivity contribution is 7.00. The molecule has 7 aromatic rings. The average molecular weight is 919 g/mol. The fraction of sp³-hybridized carbons (Fsp3) is 0.373. The number of rotatable bonds is 4. The van der Waals surface area contributed by atoms with Crippen molar-refractivity contribution in [1.29, 1.82) is 0 Å². The fourth-order valence-corrected chi connectivity index (χ4v) is 12.8. The molecule has 0 amide bonds. The van der Waals surface area contributed by atoms with Crippen LogP contribution in [0, 0.1) is 6.92 Å². The standard InChI is InChI=1S/C67H75BN2/c1-42-35-59-61-60(36-42)70(56-30-26-46(62(2,3)4)37-49(56)45-23-21-44(22-24-45)43-19-17-16-18-20-43)57-38-47(63(5,6)7)25-29-54(57)68(61)55-40-52-53(67(14,15)34-33-66(52,12)13)41-58(55)69(59)48-27-28-50-51(39-48)65(10,11)32-31-64(50,8)9/h16-30,35-41H,31-34H2,1-15H3. The molecule has 0 N–H and O–H groups in total. The van der Waals surface area contributed by atoms with Gasteiger partial charge in [-0.3, -0.25) is 0 Å². The second-order valence-corrected chi connectivity index (χ2v) is 26.5. The number of nitrogens with zero attached hydrogens (tertiary/aromatic N) is 2. The normalized spacial score (nSPS) is 18.1. The molecule has 0 spiro atoms. The summed E-state index contributed by atoms with van der Waals surface area (Å²) in [6, 6.07) is 52.8. The Kier molecular flexibility index (Phi) is 10.4. The zero-order valence-corrected chi connectivity index (χ0v) is 45.0. The van der Waals surface area contributed by atoms with Crippen molar-refractivity contribution in [1.82, 2.24) is 0 Å². The number of hydrogen-bond acceptors (Lipinski definition) is 2. The molecular formula is C67H75BN2. The van der Waals surface area contributed by atoms with E-state index in [2.05, 4.69) is 247 Å². The van der Waals surface area contributed by atoms with Crippen molar-refractivity contribution in [2.24, 2.45) is 0 Å². The van der Waals surface area contributed by atoms with Gasteiger partial charge in [0.25, 0.3) is 6.71 Å². The lowest BCUT2D eigenvalue weighted by Crippen LogP contribution is -2.62. The number of anilines is 6. The molecule has 2 nitrogen and oxygen atoms in total. The van der Waals surface area contributed by atoms with Crippen LogP contribution in [0.1, 0.15) is 162 Å². The molecule has 70 heavy (non-hydrogen) atoms. The summed E-state index contributed by atoms with van der Waals surface area (Å²) in [5.74, 6) is 0. The van der Waals surface area contributed by atoms with Crippen molar-refractivity contribution in [3.05, 3.63) is 172 Å². The number of benzene rings is 7. The molecule has 0 aromatic heterocycles. The van der Waals surface area contributed by atoms with E-state index in [4.69, 9.17) is 0 Å². The largest absolute Gasteiger partial charge is 0.311 e. The monoisotopic (exact) mass is 919 g/mol. The van der Waals surface area contributed by atoms with E-state index in [-0.39, 0.29) is 39.2 Å². The molecule has 356 valence electrons. The predicted octanol–water partition coefficient (Wildman–Crippen LogP) is 16.7. The smallest absolute Gasteiger partial charge is 0.252 e. The molecule has 4 aliphatic rings. The Hall–Kier alpha value is -5.80. The molecule has 0 radical (unpaired) electrons. The Balaban J connectivity index is 1.23. The van der Waals surface area contributed by atoms with Crippen molar-refractivity contribution in [2.45, 2.75) is 162 Å². The van der Waals surface area contributed by atoms with Crippen LogP contribution >= 0.6 is 0 Å². The van der Waals surface area contributed by atoms with Crippen LogP contribution in [-0.2, 0) is 32.5 Å². The Bertz CT molecular complexity index is 3240. The Morgan fingerprint density at radius 1 is 0.400 bits per heavy atom. The minimum absolute atomic E-state index is 0.0333. The SMILES string of the molecule is Cc1cc2c3c(c1)N(c1ccc(C(C)(C)C)cc1-c1ccc(-c4ccccc4)cc1)c1cc(C(C)(C)C)ccc1B3c1cc3c(cc1N2c1ccc2c(c1)C(C)(C)CCC2(C)C)C(C)(C)CCC3(C)C. The van der Waals surface area contributed by atoms with Gasteiger partial charge in [-0.25, -0.2) is 0 Å². The molecular weight excluding hydrogens is 844 g/mol. The van der Waals surface area contributed by atoms with Gasteiger partial charge in [0.15, 0.2) is 0 Å². The Labute approximate surface area is 421 Å². The van der Waals surface area contributed by atoms with Gasteiger partial charge in [0.2, 0.25) is 0 Å². The van der Waals surface area contributed by atoms with Crippen molar-refractivity contribution >= 4 is 57.2 Å². The third-order valence-corrected chi connectivity index (χ3v) is 17.6. The van der Waals surface area contributed by atoms with Crippen molar-refractivity contribution < 1.29 is 0 Å². The second kappa shape index (κ2) is 15.6. The van der Waals surface area contributed by atoms with E-state index in [1.165, 1.54) is 137 Å². The Morgan fingerprint density at radius 3 is 1.51 bits per heavy atom. The highest BCUT2D eigenvalue weighted by Gasteiger charge is 2.48. The van der Waals surface area contributed by atoms with E-state index in [0.29, 0.717) is 0 Å². The maximum absolute atomic E-state index is 2.70. The van der Waals surface area contributed by atoms with Crippen LogP contribution in [0.25, 0.3) is 22.3 Å². The molecule has 2 heterocycles. The lowest BCUT2D eigenvalue weighted by atomic mass is 9.33. The van der Waals surface area contributed by atoms with E-state index in [0.717, 1.165) is 0 Å². The molecule has 3 heteroatoms. The summed E-state index contributed by atoms with van der Waals surface area (Å²) in [5, 5.41) is 0. The first kappa shape index (κ1) is 46.6. The fourth-order valence-electron chi connectivity index (χ4n) is 12.8. The van der Waals surface area contributed by atoms with Crippen LogP contribution in [0.3, 0.4) is 0 Å². The maximum Gasteiger partial charge on any atom is 0.252 e. The van der Waals surface area contributed by atoms with E-state index in [9.17, 15) is 0 Å². The average Bonchev–Trinajstić information content (AvgIpc) is 3.31. The summed E-state index contributed by atoms with van der Waals surface area (Å²) < 4.78 is 0. The second-order valence-electron chi connectivity index (χ2n) is 26.5. The zero-order valence-electron chi connectivity index (χ0n) is 45.0. The van der Waals surface area contributed by atoms with E-state index in [1.54, 1.807) is 0 Å². The molecule has 0 unspecified atom stereocenters. The quantitative estimate of drug-likeness (QED) is 0.162. The van der Waals surface area contributed by atoms with Crippen molar-refractivity contribution in [2.75, 3.05) is 9.80 Å². The molecule has 7 aromatic carbocycles. The first-order valence-corrected chi connectivity index (χ1v) is 26.4. The summed E-state index contributed by atoms with van der Waals surface area (Å²) in [6.07, 6.45) is 4.73. The first-order chi connectivity index (χ1) is 32.8. The zero-order chi connectivity index (χ0) is 49.7. The summed E-state index contributed by atoms with van der Waals surface area (Å²) in [4.78, 5) is 5.37. The van der Waals surface area contributed by atoms with Crippen molar-refractivity contribution in [3.63, 3.8) is 0 Å². The minimum Gasteiger partial charge on any atom is -0.311 e. The Morgan fingerprint density at radius 2 is 0.900 bits per heavy atom. The van der Waals surface area contributed by atoms with Gasteiger partial charge >= 0.3 is 0 Å². The summed E-state index contributed by atoms with van der Waals surface area (Å²) in [6.45, 7) is 36.3. The highest BCUT2D eigenvalue weighted by atomic mass is 15.2. The minimum atomic E-state index is -0.0460. The topological polar surface area (TPSA) is 6.48 Å². The van der Waals surface area contributed by atoms with Crippen LogP contribution in [0.15, 0.2) is 133 Å². The molecule has 2 aliphatic heterocycles. The first-order valence-electron chi connectivity index (χ1n) is 26.4. The van der Waals surface area contributed by atoms with Gasteiger partial charge in [0.1, 0.15) is 0 Å². The van der Waals surface area contributed by atoms with Gasteiger partial charge in [0.05, 0.1) is 5.69 Å². The van der Waals surface area contributed by atoms with Crippen LogP contribution in [-0.4, -0.2) is 6.71 Å². The predicted molar refractivity (Wildman–Crippen MR) is 304 cm³/mol.